The van der Waals surface area contributed by atoms with Crippen molar-refractivity contribution in [3.63, 3.8) is 0 Å². The molecule has 1 N–H and O–H groups in total. The molecule has 0 amide bonds. The van der Waals surface area contributed by atoms with Crippen molar-refractivity contribution in [2.45, 2.75) is 17.9 Å². The molecule has 90 valence electrons. The van der Waals surface area contributed by atoms with E-state index in [9.17, 15) is 27.9 Å². The minimum Gasteiger partial charge on any atom is -0.467 e. The molecule has 16 heavy (non-hydrogen) atoms. The topological polar surface area (TPSA) is 72.8 Å². The first kappa shape index (κ1) is 12.5. The lowest BCUT2D eigenvalue weighted by Crippen LogP contribution is -2.60. The fraction of sp³-hybridized carbons (Fsp3) is 0.500. The first-order chi connectivity index (χ1) is 7.23. The Hall–Kier alpha value is -1.57. The molecule has 0 unspecified atom stereocenters. The molecule has 1 aliphatic rings. The van der Waals surface area contributed by atoms with Crippen molar-refractivity contribution in [2.24, 2.45) is 0 Å². The molecule has 0 spiro atoms. The molecule has 0 saturated carbocycles. The number of hydrogen-bond donors (Lipinski definition) is 1. The van der Waals surface area contributed by atoms with Crippen molar-refractivity contribution in [3.05, 3.63) is 12.2 Å². The number of aliphatic hydroxyl groups is 1. The summed E-state index contributed by atoms with van der Waals surface area (Å²) < 4.78 is 45.6. The third kappa shape index (κ3) is 1.75. The van der Waals surface area contributed by atoms with Crippen LogP contribution in [0.5, 0.6) is 0 Å². The van der Waals surface area contributed by atoms with Gasteiger partial charge < -0.3 is 14.6 Å². The van der Waals surface area contributed by atoms with Gasteiger partial charge in [0.15, 0.2) is 6.10 Å². The molecule has 1 rings (SSSR count). The summed E-state index contributed by atoms with van der Waals surface area (Å²) in [5.41, 5.74) is -3.88. The zero-order valence-electron chi connectivity index (χ0n) is 7.95. The molecule has 0 radical (unpaired) electrons. The van der Waals surface area contributed by atoms with Crippen molar-refractivity contribution in [1.29, 1.82) is 0 Å². The van der Waals surface area contributed by atoms with E-state index in [4.69, 9.17) is 0 Å². The largest absolute Gasteiger partial charge is 0.467 e. The van der Waals surface area contributed by atoms with E-state index in [-0.39, 0.29) is 0 Å². The molecule has 0 aromatic carbocycles. The quantitative estimate of drug-likeness (QED) is 0.684. The van der Waals surface area contributed by atoms with Gasteiger partial charge in [0, 0.05) is 6.08 Å². The number of esters is 2. The Labute approximate surface area is 87.4 Å². The van der Waals surface area contributed by atoms with Crippen LogP contribution in [0.4, 0.5) is 13.2 Å². The highest BCUT2D eigenvalue weighted by Gasteiger charge is 2.67. The number of carbonyl (C=O) groups excluding carboxylic acids is 2. The summed E-state index contributed by atoms with van der Waals surface area (Å²) in [5.74, 6) is -3.01. The van der Waals surface area contributed by atoms with Gasteiger partial charge in [-0.15, -0.1) is 0 Å². The summed E-state index contributed by atoms with van der Waals surface area (Å²) in [6, 6.07) is 0. The highest BCUT2D eigenvalue weighted by molar-refractivity contribution is 5.88. The van der Waals surface area contributed by atoms with E-state index in [2.05, 4.69) is 9.47 Å². The van der Waals surface area contributed by atoms with E-state index >= 15 is 0 Å². The standard InChI is InChI=1S/C8H7F3O5/c1-15-6(13)7(14,8(9,10)11)4-2-3-5(12)16-4/h2-4,14H,1H3/t4-,7-/m1/s1. The zero-order valence-corrected chi connectivity index (χ0v) is 7.95. The smallest absolute Gasteiger partial charge is 0.432 e. The highest BCUT2D eigenvalue weighted by atomic mass is 19.4. The van der Waals surface area contributed by atoms with Crippen LogP contribution in [0.15, 0.2) is 12.2 Å². The Balaban J connectivity index is 3.11. The van der Waals surface area contributed by atoms with Crippen LogP contribution in [0.25, 0.3) is 0 Å². The molecule has 0 fully saturated rings. The number of ether oxygens (including phenoxy) is 2. The Kier molecular flexibility index (Phi) is 2.95. The number of rotatable bonds is 2. The highest BCUT2D eigenvalue weighted by Crippen LogP contribution is 2.37. The Bertz CT molecular complexity index is 348. The second-order valence-electron chi connectivity index (χ2n) is 2.97. The Morgan fingerprint density at radius 2 is 2.12 bits per heavy atom. The van der Waals surface area contributed by atoms with Crippen LogP contribution in [-0.4, -0.2) is 42.0 Å². The molecule has 0 saturated heterocycles. The van der Waals surface area contributed by atoms with Gasteiger partial charge in [0.05, 0.1) is 7.11 Å². The molecule has 0 aliphatic carbocycles. The van der Waals surface area contributed by atoms with Gasteiger partial charge in [-0.3, -0.25) is 0 Å². The fourth-order valence-corrected chi connectivity index (χ4v) is 1.14. The number of alkyl halides is 3. The van der Waals surface area contributed by atoms with Gasteiger partial charge in [0.25, 0.3) is 5.60 Å². The van der Waals surface area contributed by atoms with Gasteiger partial charge in [-0.05, 0) is 6.08 Å². The lowest BCUT2D eigenvalue weighted by atomic mass is 9.96. The summed E-state index contributed by atoms with van der Waals surface area (Å²) >= 11 is 0. The molecule has 0 bridgehead atoms. The first-order valence-electron chi connectivity index (χ1n) is 4.00. The maximum atomic E-state index is 12.5. The second-order valence-corrected chi connectivity index (χ2v) is 2.97. The maximum absolute atomic E-state index is 12.5. The van der Waals surface area contributed by atoms with E-state index in [1.165, 1.54) is 0 Å². The van der Waals surface area contributed by atoms with E-state index in [0.717, 1.165) is 0 Å². The zero-order chi connectivity index (χ0) is 12.6. The number of halogens is 3. The summed E-state index contributed by atoms with van der Waals surface area (Å²) in [6.45, 7) is 0. The van der Waals surface area contributed by atoms with Gasteiger partial charge in [-0.2, -0.15) is 13.2 Å². The monoisotopic (exact) mass is 240 g/mol. The Morgan fingerprint density at radius 1 is 1.56 bits per heavy atom. The fourth-order valence-electron chi connectivity index (χ4n) is 1.14. The van der Waals surface area contributed by atoms with Crippen molar-refractivity contribution in [2.75, 3.05) is 7.11 Å². The number of carbonyl (C=O) groups is 2. The van der Waals surface area contributed by atoms with Crippen LogP contribution in [0.1, 0.15) is 0 Å². The minimum absolute atomic E-state index is 0.646. The maximum Gasteiger partial charge on any atom is 0.432 e. The van der Waals surface area contributed by atoms with Crippen molar-refractivity contribution in [3.8, 4) is 0 Å². The number of methoxy groups -OCH3 is 1. The van der Waals surface area contributed by atoms with Crippen LogP contribution in [0.3, 0.4) is 0 Å². The lowest BCUT2D eigenvalue weighted by Gasteiger charge is -2.30. The van der Waals surface area contributed by atoms with E-state index in [0.29, 0.717) is 19.3 Å². The average Bonchev–Trinajstić information content (AvgIpc) is 2.60. The van der Waals surface area contributed by atoms with Crippen LogP contribution < -0.4 is 0 Å². The summed E-state index contributed by atoms with van der Waals surface area (Å²) in [6.07, 6.45) is -6.12. The second kappa shape index (κ2) is 3.78. The summed E-state index contributed by atoms with van der Waals surface area (Å²) in [4.78, 5) is 21.6. The normalized spacial score (nSPS) is 23.8. The lowest BCUT2D eigenvalue weighted by molar-refractivity contribution is -0.280. The van der Waals surface area contributed by atoms with Gasteiger partial charge in [0.1, 0.15) is 0 Å². The summed E-state index contributed by atoms with van der Waals surface area (Å²) in [7, 11) is 0.680. The molecular weight excluding hydrogens is 233 g/mol. The van der Waals surface area contributed by atoms with Crippen LogP contribution in [0.2, 0.25) is 0 Å². The third-order valence-corrected chi connectivity index (χ3v) is 1.99. The first-order valence-corrected chi connectivity index (χ1v) is 4.00. The SMILES string of the molecule is COC(=O)[C@](O)([C@H]1C=CC(=O)O1)C(F)(F)F. The van der Waals surface area contributed by atoms with Gasteiger partial charge >= 0.3 is 18.1 Å². The summed E-state index contributed by atoms with van der Waals surface area (Å²) in [5, 5.41) is 9.31. The molecule has 5 nitrogen and oxygen atoms in total. The molecular formula is C8H7F3O5. The van der Waals surface area contributed by atoms with Crippen molar-refractivity contribution < 1.29 is 37.3 Å². The average molecular weight is 240 g/mol. The number of cyclic esters (lactones) is 1. The Morgan fingerprint density at radius 3 is 2.44 bits per heavy atom. The molecule has 1 heterocycles. The van der Waals surface area contributed by atoms with Crippen molar-refractivity contribution in [1.82, 2.24) is 0 Å². The van der Waals surface area contributed by atoms with E-state index < -0.39 is 29.8 Å². The molecule has 1 aliphatic heterocycles. The number of hydrogen-bond acceptors (Lipinski definition) is 5. The van der Waals surface area contributed by atoms with E-state index in [1.807, 2.05) is 0 Å². The van der Waals surface area contributed by atoms with Gasteiger partial charge in [0.2, 0.25) is 0 Å². The van der Waals surface area contributed by atoms with Gasteiger partial charge in [-0.25, -0.2) is 9.59 Å². The molecule has 0 aromatic heterocycles. The van der Waals surface area contributed by atoms with Crippen LogP contribution in [0, 0.1) is 0 Å². The molecule has 8 heteroatoms. The molecule has 2 atom stereocenters. The van der Waals surface area contributed by atoms with Crippen molar-refractivity contribution >= 4 is 11.9 Å². The van der Waals surface area contributed by atoms with Crippen LogP contribution in [-0.2, 0) is 19.1 Å². The van der Waals surface area contributed by atoms with Crippen LogP contribution >= 0.6 is 0 Å². The minimum atomic E-state index is -5.32. The predicted octanol–water partition coefficient (Wildman–Crippen LogP) is -0.0656. The van der Waals surface area contributed by atoms with Gasteiger partial charge in [-0.1, -0.05) is 0 Å². The predicted molar refractivity (Wildman–Crippen MR) is 42.0 cm³/mol. The van der Waals surface area contributed by atoms with E-state index in [1.54, 1.807) is 0 Å². The molecule has 0 aromatic rings. The third-order valence-electron chi connectivity index (χ3n) is 1.99.